The van der Waals surface area contributed by atoms with E-state index in [4.69, 9.17) is 4.42 Å². The molecule has 0 bridgehead atoms. The number of hydrogen-bond acceptors (Lipinski definition) is 2. The van der Waals surface area contributed by atoms with Gasteiger partial charge < -0.3 is 9.32 Å². The number of anilines is 3. The molecule has 3 aliphatic rings. The Balaban J connectivity index is 1.06. The summed E-state index contributed by atoms with van der Waals surface area (Å²) in [7, 11) is 0. The first-order chi connectivity index (χ1) is 29.5. The van der Waals surface area contributed by atoms with Crippen LogP contribution in [0.4, 0.5) is 17.1 Å². The fourth-order valence-electron chi connectivity index (χ4n) is 11.4. The summed E-state index contributed by atoms with van der Waals surface area (Å²) in [4.78, 5) is 2.43. The van der Waals surface area contributed by atoms with E-state index in [2.05, 4.69) is 219 Å². The van der Waals surface area contributed by atoms with Crippen molar-refractivity contribution in [2.75, 3.05) is 4.90 Å². The van der Waals surface area contributed by atoms with E-state index in [-0.39, 0.29) is 5.41 Å². The molecule has 0 radical (unpaired) electrons. The van der Waals surface area contributed by atoms with Gasteiger partial charge in [0.25, 0.3) is 0 Å². The van der Waals surface area contributed by atoms with Crippen LogP contribution in [0.1, 0.15) is 47.2 Å². The number of benzene rings is 9. The average molecular weight is 766 g/mol. The second-order valence-corrected chi connectivity index (χ2v) is 17.2. The summed E-state index contributed by atoms with van der Waals surface area (Å²) < 4.78 is 7.00. The van der Waals surface area contributed by atoms with Gasteiger partial charge in [0.2, 0.25) is 0 Å². The van der Waals surface area contributed by atoms with Gasteiger partial charge in [-0.2, -0.15) is 0 Å². The molecule has 13 rings (SSSR count). The van der Waals surface area contributed by atoms with Gasteiger partial charge in [-0.25, -0.2) is 0 Å². The molecule has 3 aliphatic carbocycles. The summed E-state index contributed by atoms with van der Waals surface area (Å²) in [5.74, 6) is 0. The fraction of sp³-hybridized carbons (Fsp3) is 0.0690. The number of fused-ring (bicyclic) bond motifs is 17. The Morgan fingerprint density at radius 1 is 0.367 bits per heavy atom. The highest BCUT2D eigenvalue weighted by molar-refractivity contribution is 6.11. The summed E-state index contributed by atoms with van der Waals surface area (Å²) >= 11 is 0. The topological polar surface area (TPSA) is 16.4 Å². The molecule has 0 saturated carbocycles. The number of rotatable bonds is 4. The van der Waals surface area contributed by atoms with Gasteiger partial charge >= 0.3 is 0 Å². The van der Waals surface area contributed by atoms with Crippen LogP contribution < -0.4 is 4.90 Å². The van der Waals surface area contributed by atoms with Crippen LogP contribution in [-0.4, -0.2) is 0 Å². The monoisotopic (exact) mass is 765 g/mol. The van der Waals surface area contributed by atoms with Crippen molar-refractivity contribution in [3.05, 3.63) is 234 Å². The van der Waals surface area contributed by atoms with Gasteiger partial charge in [0, 0.05) is 38.8 Å². The molecule has 1 unspecified atom stereocenters. The van der Waals surface area contributed by atoms with E-state index < -0.39 is 5.41 Å². The molecule has 9 aromatic carbocycles. The van der Waals surface area contributed by atoms with Gasteiger partial charge in [0.15, 0.2) is 0 Å². The van der Waals surface area contributed by atoms with Crippen molar-refractivity contribution in [2.45, 2.75) is 24.7 Å². The molecular formula is C58H39NO. The van der Waals surface area contributed by atoms with Gasteiger partial charge in [-0.1, -0.05) is 166 Å². The number of nitrogens with zero attached hydrogens (tertiary/aromatic N) is 1. The maximum Gasteiger partial charge on any atom is 0.140 e. The Morgan fingerprint density at radius 2 is 0.917 bits per heavy atom. The Hall–Kier alpha value is -7.42. The minimum absolute atomic E-state index is 0.112. The fourth-order valence-corrected chi connectivity index (χ4v) is 11.4. The molecule has 282 valence electrons. The lowest BCUT2D eigenvalue weighted by Crippen LogP contribution is -2.27. The zero-order valence-corrected chi connectivity index (χ0v) is 33.4. The molecule has 2 nitrogen and oxygen atoms in total. The average Bonchev–Trinajstić information content (AvgIpc) is 3.99. The molecular weight excluding hydrogens is 727 g/mol. The van der Waals surface area contributed by atoms with Gasteiger partial charge in [0.1, 0.15) is 11.2 Å². The smallest absolute Gasteiger partial charge is 0.140 e. The van der Waals surface area contributed by atoms with Crippen LogP contribution in [0.3, 0.4) is 0 Å². The van der Waals surface area contributed by atoms with Gasteiger partial charge in [0.05, 0.1) is 5.41 Å². The van der Waals surface area contributed by atoms with Crippen LogP contribution in [0.15, 0.2) is 205 Å². The summed E-state index contributed by atoms with van der Waals surface area (Å²) in [5.41, 5.74) is 22.5. The van der Waals surface area contributed by atoms with Crippen molar-refractivity contribution in [1.82, 2.24) is 0 Å². The first-order valence-corrected chi connectivity index (χ1v) is 21.0. The molecule has 0 aliphatic heterocycles. The second kappa shape index (κ2) is 12.1. The Kier molecular flexibility index (Phi) is 6.74. The van der Waals surface area contributed by atoms with Crippen molar-refractivity contribution in [3.63, 3.8) is 0 Å². The van der Waals surface area contributed by atoms with Crippen molar-refractivity contribution in [2.24, 2.45) is 0 Å². The zero-order chi connectivity index (χ0) is 39.7. The van der Waals surface area contributed by atoms with E-state index in [0.717, 1.165) is 39.0 Å². The first-order valence-electron chi connectivity index (χ1n) is 21.0. The lowest BCUT2D eigenvalue weighted by molar-refractivity contribution is 0.652. The van der Waals surface area contributed by atoms with Crippen LogP contribution in [0.25, 0.3) is 66.4 Å². The third kappa shape index (κ3) is 4.27. The third-order valence-electron chi connectivity index (χ3n) is 13.9. The molecule has 1 spiro atoms. The van der Waals surface area contributed by atoms with Crippen molar-refractivity contribution in [1.29, 1.82) is 0 Å². The Labute approximate surface area is 349 Å². The maximum absolute atomic E-state index is 7.00. The van der Waals surface area contributed by atoms with Crippen molar-refractivity contribution in [3.8, 4) is 44.5 Å². The molecule has 0 fully saturated rings. The van der Waals surface area contributed by atoms with E-state index >= 15 is 0 Å². The van der Waals surface area contributed by atoms with Crippen LogP contribution >= 0.6 is 0 Å². The van der Waals surface area contributed by atoms with Crippen LogP contribution in [-0.2, 0) is 10.8 Å². The quantitative estimate of drug-likeness (QED) is 0.177. The summed E-state index contributed by atoms with van der Waals surface area (Å²) in [6, 6.07) is 74.0. The molecule has 0 amide bonds. The van der Waals surface area contributed by atoms with Crippen LogP contribution in [0.2, 0.25) is 0 Å². The zero-order valence-electron chi connectivity index (χ0n) is 33.4. The van der Waals surface area contributed by atoms with E-state index in [0.29, 0.717) is 0 Å². The van der Waals surface area contributed by atoms with E-state index in [1.807, 2.05) is 0 Å². The lowest BCUT2D eigenvalue weighted by atomic mass is 9.68. The second-order valence-electron chi connectivity index (χ2n) is 17.2. The van der Waals surface area contributed by atoms with Crippen molar-refractivity contribution >= 4 is 39.0 Å². The standard InChI is InChI=1S/C58H39NO/c1-57(2)49-26-10-6-20-41(49)44-31-30-39(35-52(44)57)59(37-17-4-3-5-18-37)38-19-14-16-36(34-38)40-24-15-25-46-42-21-7-11-27-50(42)58(54(40)46)51-28-12-8-22-43(51)47-32-33-48-45-23-9-13-29-53(45)60-56(48)55(47)58/h3-35H,1-2H3. The Morgan fingerprint density at radius 3 is 1.70 bits per heavy atom. The van der Waals surface area contributed by atoms with Gasteiger partial charge in [-0.05, 0) is 121 Å². The lowest BCUT2D eigenvalue weighted by Gasteiger charge is -2.32. The molecule has 1 atom stereocenters. The number of para-hydroxylation sites is 2. The molecule has 2 heteroatoms. The van der Waals surface area contributed by atoms with Gasteiger partial charge in [-0.3, -0.25) is 0 Å². The minimum Gasteiger partial charge on any atom is -0.456 e. The summed E-state index contributed by atoms with van der Waals surface area (Å²) in [5, 5.41) is 2.30. The highest BCUT2D eigenvalue weighted by Gasteiger charge is 2.54. The maximum atomic E-state index is 7.00. The third-order valence-corrected chi connectivity index (χ3v) is 13.9. The number of furan rings is 1. The summed E-state index contributed by atoms with van der Waals surface area (Å²) in [6.45, 7) is 4.72. The number of hydrogen-bond donors (Lipinski definition) is 0. The summed E-state index contributed by atoms with van der Waals surface area (Å²) in [6.07, 6.45) is 0. The van der Waals surface area contributed by atoms with Crippen LogP contribution in [0, 0.1) is 0 Å². The van der Waals surface area contributed by atoms with E-state index in [1.165, 1.54) is 77.9 Å². The molecule has 0 N–H and O–H groups in total. The molecule has 10 aromatic rings. The van der Waals surface area contributed by atoms with E-state index in [9.17, 15) is 0 Å². The Bertz CT molecular complexity index is 3410. The predicted molar refractivity (Wildman–Crippen MR) is 248 cm³/mol. The molecule has 60 heavy (non-hydrogen) atoms. The van der Waals surface area contributed by atoms with Gasteiger partial charge in [-0.15, -0.1) is 0 Å². The van der Waals surface area contributed by atoms with E-state index in [1.54, 1.807) is 0 Å². The highest BCUT2D eigenvalue weighted by Crippen LogP contribution is 2.66. The molecule has 0 saturated heterocycles. The first kappa shape index (κ1) is 33.5. The van der Waals surface area contributed by atoms with Crippen molar-refractivity contribution < 1.29 is 4.42 Å². The molecule has 1 aromatic heterocycles. The highest BCUT2D eigenvalue weighted by atomic mass is 16.3. The normalized spacial score (nSPS) is 16.0. The molecule has 1 heterocycles. The SMILES string of the molecule is CC1(C)c2ccccc2-c2ccc(N(c3ccccc3)c3cccc(-c4cccc5c4C4(c6ccccc6-5)c5ccccc5-c5ccc6c(oc7ccccc76)c54)c3)cc21. The minimum atomic E-state index is -0.600. The van der Waals surface area contributed by atoms with Crippen LogP contribution in [0.5, 0.6) is 0 Å². The predicted octanol–water partition coefficient (Wildman–Crippen LogP) is 15.4. The largest absolute Gasteiger partial charge is 0.456 e.